The molecular formula is C37H59NO2. The van der Waals surface area contributed by atoms with Crippen molar-refractivity contribution in [3.05, 3.63) is 35.4 Å². The van der Waals surface area contributed by atoms with E-state index in [1.165, 1.54) is 75.3 Å². The molecule has 3 nitrogen and oxygen atoms in total. The van der Waals surface area contributed by atoms with E-state index < -0.39 is 0 Å². The molecule has 5 aliphatic carbocycles. The number of benzene rings is 1. The summed E-state index contributed by atoms with van der Waals surface area (Å²) in [4.78, 5) is 10.00. The monoisotopic (exact) mass is 549 g/mol. The maximum atomic E-state index is 7.33. The van der Waals surface area contributed by atoms with Gasteiger partial charge in [0.1, 0.15) is 6.61 Å². The number of rotatable bonds is 5. The van der Waals surface area contributed by atoms with Gasteiger partial charge in [-0.05, 0) is 138 Å². The van der Waals surface area contributed by atoms with Crippen molar-refractivity contribution in [2.75, 3.05) is 7.11 Å². The van der Waals surface area contributed by atoms with Gasteiger partial charge in [0.2, 0.25) is 0 Å². The fraction of sp³-hybridized carbons (Fsp3) is 0.838. The second kappa shape index (κ2) is 9.81. The Morgan fingerprint density at radius 3 is 2.20 bits per heavy atom. The van der Waals surface area contributed by atoms with Crippen molar-refractivity contribution < 1.29 is 9.78 Å². The Bertz CT molecular complexity index is 1080. The molecule has 5 aliphatic rings. The maximum absolute atomic E-state index is 7.33. The fourth-order valence-corrected chi connectivity index (χ4v) is 13.0. The molecule has 5 saturated carbocycles. The van der Waals surface area contributed by atoms with Crippen molar-refractivity contribution in [3.8, 4) is 0 Å². The summed E-state index contributed by atoms with van der Waals surface area (Å²) in [6.07, 6.45) is 13.6. The van der Waals surface area contributed by atoms with Gasteiger partial charge in [-0.3, -0.25) is 0 Å². The molecule has 0 heterocycles. The molecule has 6 rings (SSSR count). The minimum atomic E-state index is 0.106. The van der Waals surface area contributed by atoms with E-state index in [0.717, 1.165) is 35.5 Å². The highest BCUT2D eigenvalue weighted by molar-refractivity contribution is 5.29. The molecule has 40 heavy (non-hydrogen) atoms. The Balaban J connectivity index is 1.28. The molecular weight excluding hydrogens is 490 g/mol. The molecule has 0 radical (unpaired) electrons. The largest absolute Gasteiger partial charge is 0.325 e. The molecule has 10 atom stereocenters. The van der Waals surface area contributed by atoms with Crippen LogP contribution >= 0.6 is 0 Å². The fourth-order valence-electron chi connectivity index (χ4n) is 13.0. The van der Waals surface area contributed by atoms with Crippen molar-refractivity contribution in [1.29, 1.82) is 0 Å². The lowest BCUT2D eigenvalue weighted by Gasteiger charge is -2.73. The molecule has 0 amide bonds. The van der Waals surface area contributed by atoms with Crippen LogP contribution in [0.3, 0.4) is 0 Å². The van der Waals surface area contributed by atoms with E-state index in [9.17, 15) is 0 Å². The van der Waals surface area contributed by atoms with Crippen LogP contribution in [0.25, 0.3) is 0 Å². The third-order valence-electron chi connectivity index (χ3n) is 15.2. The normalized spacial score (nSPS) is 47.8. The molecule has 0 aliphatic heterocycles. The summed E-state index contributed by atoms with van der Waals surface area (Å²) in [5.41, 5.74) is 11.7. The molecule has 224 valence electrons. The molecule has 5 fully saturated rings. The average Bonchev–Trinajstić information content (AvgIpc) is 3.26. The van der Waals surface area contributed by atoms with Crippen molar-refractivity contribution in [3.63, 3.8) is 0 Å². The number of hydrogen-bond donors (Lipinski definition) is 1. The number of fused-ring (bicyclic) bond motifs is 7. The van der Waals surface area contributed by atoms with E-state index in [0.29, 0.717) is 34.2 Å². The molecule has 3 heteroatoms. The Labute approximate surface area is 245 Å². The molecule has 0 aromatic heterocycles. The van der Waals surface area contributed by atoms with Crippen LogP contribution in [0.1, 0.15) is 130 Å². The molecule has 2 N–H and O–H groups in total. The highest BCUT2D eigenvalue weighted by Gasteiger charge is 2.70. The smallest absolute Gasteiger partial charge is 0.107 e. The van der Waals surface area contributed by atoms with Crippen LogP contribution in [-0.2, 0) is 16.4 Å². The first-order valence-electron chi connectivity index (χ1n) is 16.9. The Morgan fingerprint density at radius 2 is 1.52 bits per heavy atom. The third kappa shape index (κ3) is 3.99. The predicted octanol–water partition coefficient (Wildman–Crippen LogP) is 9.30. The first-order valence-corrected chi connectivity index (χ1v) is 16.9. The molecule has 1 aromatic rings. The quantitative estimate of drug-likeness (QED) is 0.294. The zero-order chi connectivity index (χ0) is 28.7. The Morgan fingerprint density at radius 1 is 0.800 bits per heavy atom. The second-order valence-electron chi connectivity index (χ2n) is 17.0. The van der Waals surface area contributed by atoms with E-state index in [4.69, 9.17) is 15.5 Å². The molecule has 3 unspecified atom stereocenters. The molecule has 0 saturated heterocycles. The van der Waals surface area contributed by atoms with Gasteiger partial charge in [0.15, 0.2) is 0 Å². The SMILES string of the molecule is COOCc1ccc([C@H]2CC[C@@]3(C)C(CC[C@]4(C)C3CC[C@@H]3C5[C@H](C(C)C)CC[C@]5(N)CC[C@]34C)C2(C)C)cc1. The van der Waals surface area contributed by atoms with Gasteiger partial charge in [-0.15, -0.1) is 0 Å². The van der Waals surface area contributed by atoms with E-state index >= 15 is 0 Å². The lowest BCUT2D eigenvalue weighted by molar-refractivity contribution is -0.282. The summed E-state index contributed by atoms with van der Waals surface area (Å²) in [7, 11) is 1.58. The number of nitrogens with two attached hydrogens (primary N) is 1. The summed E-state index contributed by atoms with van der Waals surface area (Å²) in [5, 5.41) is 0. The third-order valence-corrected chi connectivity index (χ3v) is 15.2. The summed E-state index contributed by atoms with van der Waals surface area (Å²) in [5.74, 6) is 5.36. The number of hydrogen-bond acceptors (Lipinski definition) is 3. The van der Waals surface area contributed by atoms with Crippen LogP contribution in [0.5, 0.6) is 0 Å². The predicted molar refractivity (Wildman–Crippen MR) is 164 cm³/mol. The zero-order valence-corrected chi connectivity index (χ0v) is 27.0. The first kappa shape index (κ1) is 29.2. The average molecular weight is 550 g/mol. The van der Waals surface area contributed by atoms with Crippen LogP contribution in [0.15, 0.2) is 24.3 Å². The van der Waals surface area contributed by atoms with Crippen molar-refractivity contribution in [1.82, 2.24) is 0 Å². The van der Waals surface area contributed by atoms with Gasteiger partial charge in [-0.1, -0.05) is 72.7 Å². The van der Waals surface area contributed by atoms with Crippen molar-refractivity contribution >= 4 is 0 Å². The van der Waals surface area contributed by atoms with Gasteiger partial charge in [0, 0.05) is 5.54 Å². The van der Waals surface area contributed by atoms with Gasteiger partial charge in [0.05, 0.1) is 7.11 Å². The van der Waals surface area contributed by atoms with Gasteiger partial charge >= 0.3 is 0 Å². The summed E-state index contributed by atoms with van der Waals surface area (Å²) in [6, 6.07) is 9.23. The molecule has 1 aromatic carbocycles. The molecule has 0 bridgehead atoms. The van der Waals surface area contributed by atoms with Crippen LogP contribution in [0.2, 0.25) is 0 Å². The van der Waals surface area contributed by atoms with Crippen LogP contribution in [0, 0.1) is 57.2 Å². The summed E-state index contributed by atoms with van der Waals surface area (Å²) in [6.45, 7) is 19.0. The van der Waals surface area contributed by atoms with Gasteiger partial charge in [0.25, 0.3) is 0 Å². The lowest BCUT2D eigenvalue weighted by Crippen LogP contribution is -2.68. The van der Waals surface area contributed by atoms with E-state index in [1.807, 2.05) is 0 Å². The summed E-state index contributed by atoms with van der Waals surface area (Å²) < 4.78 is 0. The van der Waals surface area contributed by atoms with E-state index in [1.54, 1.807) is 7.11 Å². The zero-order valence-electron chi connectivity index (χ0n) is 27.0. The highest BCUT2D eigenvalue weighted by atomic mass is 17.2. The van der Waals surface area contributed by atoms with E-state index in [2.05, 4.69) is 72.7 Å². The van der Waals surface area contributed by atoms with E-state index in [-0.39, 0.29) is 5.54 Å². The minimum Gasteiger partial charge on any atom is -0.325 e. The van der Waals surface area contributed by atoms with Crippen molar-refractivity contribution in [2.24, 2.45) is 62.9 Å². The second-order valence-corrected chi connectivity index (χ2v) is 17.0. The van der Waals surface area contributed by atoms with Crippen LogP contribution in [-0.4, -0.2) is 12.6 Å². The Kier molecular flexibility index (Phi) is 7.16. The minimum absolute atomic E-state index is 0.106. The van der Waals surface area contributed by atoms with Gasteiger partial charge in [-0.2, -0.15) is 0 Å². The highest BCUT2D eigenvalue weighted by Crippen LogP contribution is 2.77. The Hall–Kier alpha value is -0.900. The van der Waals surface area contributed by atoms with Gasteiger partial charge < -0.3 is 5.73 Å². The summed E-state index contributed by atoms with van der Waals surface area (Å²) >= 11 is 0. The van der Waals surface area contributed by atoms with Crippen molar-refractivity contribution in [2.45, 2.75) is 131 Å². The first-order chi connectivity index (χ1) is 18.8. The van der Waals surface area contributed by atoms with Crippen LogP contribution < -0.4 is 5.73 Å². The van der Waals surface area contributed by atoms with Gasteiger partial charge in [-0.25, -0.2) is 9.78 Å². The van der Waals surface area contributed by atoms with Crippen LogP contribution in [0.4, 0.5) is 0 Å². The lowest BCUT2D eigenvalue weighted by atomic mass is 9.32. The topological polar surface area (TPSA) is 44.5 Å². The standard InChI is InChI=1S/C37H59NO2/c1-24(2)27-15-20-37(38)22-21-35(6)29(32(27)37)13-14-31-34(5)18-16-28(26-11-9-25(10-12-26)23-40-39-8)33(3,4)30(34)17-19-36(31,35)7/h9-12,24,27-32H,13-23,38H2,1-8H3/t27-,28+,29+,30?,31?,32?,34-,35+,36+,37-/m0/s1. The maximum Gasteiger partial charge on any atom is 0.107 e. The molecule has 0 spiro atoms.